The fraction of sp³-hybridized carbons (Fsp3) is 1.00. The van der Waals surface area contributed by atoms with E-state index in [1.54, 1.807) is 7.11 Å². The van der Waals surface area contributed by atoms with Gasteiger partial charge in [0.1, 0.15) is 0 Å². The highest BCUT2D eigenvalue weighted by atomic mass is 16.5. The van der Waals surface area contributed by atoms with Gasteiger partial charge in [0.05, 0.1) is 6.61 Å². The highest BCUT2D eigenvalue weighted by Crippen LogP contribution is 2.16. The van der Waals surface area contributed by atoms with Gasteiger partial charge in [-0.15, -0.1) is 0 Å². The summed E-state index contributed by atoms with van der Waals surface area (Å²) in [5.41, 5.74) is 0. The number of ether oxygens (including phenoxy) is 1. The average Bonchev–Trinajstić information content (AvgIpc) is 2.62. The zero-order valence-corrected chi connectivity index (χ0v) is 11.7. The first-order valence-electron chi connectivity index (χ1n) is 7.31. The van der Waals surface area contributed by atoms with Crippen LogP contribution in [0.25, 0.3) is 0 Å². The molecular formula is C14H30N2O. The molecule has 0 amide bonds. The molecule has 3 heteroatoms. The van der Waals surface area contributed by atoms with Crippen LogP contribution < -0.4 is 5.32 Å². The lowest BCUT2D eigenvalue weighted by atomic mass is 10.1. The third-order valence-corrected chi connectivity index (χ3v) is 3.78. The van der Waals surface area contributed by atoms with Crippen molar-refractivity contribution >= 4 is 0 Å². The molecule has 0 unspecified atom stereocenters. The average molecular weight is 242 g/mol. The molecule has 1 fully saturated rings. The molecule has 1 saturated carbocycles. The highest BCUT2D eigenvalue weighted by Gasteiger charge is 2.11. The van der Waals surface area contributed by atoms with Gasteiger partial charge >= 0.3 is 0 Å². The number of hydrogen-bond donors (Lipinski definition) is 1. The molecule has 1 aliphatic rings. The van der Waals surface area contributed by atoms with Crippen LogP contribution >= 0.6 is 0 Å². The van der Waals surface area contributed by atoms with Crippen molar-refractivity contribution in [2.24, 2.45) is 0 Å². The third-order valence-electron chi connectivity index (χ3n) is 3.78. The number of nitrogens with one attached hydrogen (secondary N) is 1. The number of rotatable bonds is 8. The Morgan fingerprint density at radius 2 is 1.82 bits per heavy atom. The minimum atomic E-state index is 0.777. The smallest absolute Gasteiger partial charge is 0.0589 e. The van der Waals surface area contributed by atoms with E-state index in [0.717, 1.165) is 38.8 Å². The first-order chi connectivity index (χ1) is 8.36. The van der Waals surface area contributed by atoms with Gasteiger partial charge in [-0.25, -0.2) is 0 Å². The Kier molecular flexibility index (Phi) is 8.67. The topological polar surface area (TPSA) is 24.5 Å². The largest absolute Gasteiger partial charge is 0.383 e. The zero-order chi connectivity index (χ0) is 12.3. The van der Waals surface area contributed by atoms with Crippen LogP contribution in [0.5, 0.6) is 0 Å². The maximum atomic E-state index is 5.12. The van der Waals surface area contributed by atoms with Crippen LogP contribution in [-0.4, -0.2) is 50.8 Å². The molecule has 0 radical (unpaired) electrons. The summed E-state index contributed by atoms with van der Waals surface area (Å²) in [6.07, 6.45) is 8.46. The third kappa shape index (κ3) is 7.02. The molecule has 0 aromatic rings. The predicted octanol–water partition coefficient (Wildman–Crippen LogP) is 2.27. The second-order valence-electron chi connectivity index (χ2n) is 5.07. The Morgan fingerprint density at radius 1 is 1.12 bits per heavy atom. The maximum Gasteiger partial charge on any atom is 0.0589 e. The van der Waals surface area contributed by atoms with E-state index in [2.05, 4.69) is 17.1 Å². The lowest BCUT2D eigenvalue weighted by Crippen LogP contribution is -2.38. The molecular weight excluding hydrogens is 212 g/mol. The van der Waals surface area contributed by atoms with Crippen molar-refractivity contribution in [3.63, 3.8) is 0 Å². The second kappa shape index (κ2) is 9.86. The summed E-state index contributed by atoms with van der Waals surface area (Å²) in [6, 6.07) is 0.777. The van der Waals surface area contributed by atoms with Crippen LogP contribution in [0.15, 0.2) is 0 Å². The van der Waals surface area contributed by atoms with Crippen LogP contribution in [0.1, 0.15) is 45.4 Å². The predicted molar refractivity (Wildman–Crippen MR) is 73.5 cm³/mol. The summed E-state index contributed by atoms with van der Waals surface area (Å²) in [7, 11) is 1.78. The number of nitrogens with zero attached hydrogens (tertiary/aromatic N) is 1. The summed E-state index contributed by atoms with van der Waals surface area (Å²) in [5.74, 6) is 0. The molecule has 0 spiro atoms. The molecule has 1 N–H and O–H groups in total. The van der Waals surface area contributed by atoms with Gasteiger partial charge in [0, 0.05) is 32.8 Å². The van der Waals surface area contributed by atoms with E-state index < -0.39 is 0 Å². The van der Waals surface area contributed by atoms with Gasteiger partial charge < -0.3 is 15.0 Å². The zero-order valence-electron chi connectivity index (χ0n) is 11.7. The fourth-order valence-electron chi connectivity index (χ4n) is 2.56. The van der Waals surface area contributed by atoms with E-state index in [1.807, 2.05) is 0 Å². The first kappa shape index (κ1) is 14.9. The maximum absolute atomic E-state index is 5.12. The van der Waals surface area contributed by atoms with E-state index in [-0.39, 0.29) is 0 Å². The van der Waals surface area contributed by atoms with E-state index in [4.69, 9.17) is 4.74 Å². The monoisotopic (exact) mass is 242 g/mol. The van der Waals surface area contributed by atoms with Crippen LogP contribution in [0.4, 0.5) is 0 Å². The molecule has 0 aliphatic heterocycles. The van der Waals surface area contributed by atoms with Crippen molar-refractivity contribution in [3.8, 4) is 0 Å². The lowest BCUT2D eigenvalue weighted by Gasteiger charge is -2.22. The molecule has 0 aromatic heterocycles. The molecule has 0 atom stereocenters. The molecule has 0 heterocycles. The highest BCUT2D eigenvalue weighted by molar-refractivity contribution is 4.71. The Labute approximate surface area is 107 Å². The Morgan fingerprint density at radius 3 is 2.41 bits per heavy atom. The second-order valence-corrected chi connectivity index (χ2v) is 5.07. The number of likely N-dealkylation sites (N-methyl/N-ethyl adjacent to an activating group) is 1. The van der Waals surface area contributed by atoms with Crippen molar-refractivity contribution in [2.75, 3.05) is 39.9 Å². The Bertz CT molecular complexity index is 168. The van der Waals surface area contributed by atoms with Crippen LogP contribution in [0.2, 0.25) is 0 Å². The summed E-state index contributed by atoms with van der Waals surface area (Å²) in [4.78, 5) is 2.45. The molecule has 1 rings (SSSR count). The molecule has 102 valence electrons. The normalized spacial score (nSPS) is 18.5. The molecule has 0 saturated heterocycles. The van der Waals surface area contributed by atoms with Crippen molar-refractivity contribution < 1.29 is 4.74 Å². The quantitative estimate of drug-likeness (QED) is 0.661. The summed E-state index contributed by atoms with van der Waals surface area (Å²) < 4.78 is 5.12. The summed E-state index contributed by atoms with van der Waals surface area (Å²) in [6.45, 7) is 7.52. The summed E-state index contributed by atoms with van der Waals surface area (Å²) in [5, 5.41) is 3.72. The lowest BCUT2D eigenvalue weighted by molar-refractivity contribution is 0.150. The van der Waals surface area contributed by atoms with Gasteiger partial charge in [-0.3, -0.25) is 0 Å². The van der Waals surface area contributed by atoms with Crippen molar-refractivity contribution in [1.82, 2.24) is 10.2 Å². The van der Waals surface area contributed by atoms with E-state index in [9.17, 15) is 0 Å². The van der Waals surface area contributed by atoms with E-state index >= 15 is 0 Å². The van der Waals surface area contributed by atoms with Gasteiger partial charge in [-0.05, 0) is 19.4 Å². The fourth-order valence-corrected chi connectivity index (χ4v) is 2.56. The standard InChI is InChI=1S/C14H30N2O/c1-3-16(12-13-17-2)11-10-15-14-8-6-4-5-7-9-14/h14-15H,3-13H2,1-2H3. The number of hydrogen-bond acceptors (Lipinski definition) is 3. The molecule has 0 bridgehead atoms. The summed E-state index contributed by atoms with van der Waals surface area (Å²) >= 11 is 0. The molecule has 1 aliphatic carbocycles. The van der Waals surface area contributed by atoms with Gasteiger partial charge in [0.15, 0.2) is 0 Å². The van der Waals surface area contributed by atoms with E-state index in [1.165, 1.54) is 38.5 Å². The SMILES string of the molecule is CCN(CCNC1CCCCCC1)CCOC. The molecule has 0 aromatic carbocycles. The van der Waals surface area contributed by atoms with Crippen LogP contribution in [0, 0.1) is 0 Å². The minimum Gasteiger partial charge on any atom is -0.383 e. The van der Waals surface area contributed by atoms with Gasteiger partial charge in [0.25, 0.3) is 0 Å². The van der Waals surface area contributed by atoms with Gasteiger partial charge in [0.2, 0.25) is 0 Å². The Hall–Kier alpha value is -0.120. The Balaban J connectivity index is 2.07. The molecule has 17 heavy (non-hydrogen) atoms. The van der Waals surface area contributed by atoms with Crippen molar-refractivity contribution in [1.29, 1.82) is 0 Å². The minimum absolute atomic E-state index is 0.777. The number of methoxy groups -OCH3 is 1. The van der Waals surface area contributed by atoms with Crippen LogP contribution in [0.3, 0.4) is 0 Å². The van der Waals surface area contributed by atoms with Gasteiger partial charge in [-0.2, -0.15) is 0 Å². The first-order valence-corrected chi connectivity index (χ1v) is 7.31. The van der Waals surface area contributed by atoms with Crippen molar-refractivity contribution in [2.45, 2.75) is 51.5 Å². The molecule has 3 nitrogen and oxygen atoms in total. The van der Waals surface area contributed by atoms with Crippen LogP contribution in [-0.2, 0) is 4.74 Å². The van der Waals surface area contributed by atoms with Crippen molar-refractivity contribution in [3.05, 3.63) is 0 Å². The van der Waals surface area contributed by atoms with E-state index in [0.29, 0.717) is 0 Å². The van der Waals surface area contributed by atoms with Gasteiger partial charge in [-0.1, -0.05) is 32.6 Å².